The van der Waals surface area contributed by atoms with Gasteiger partial charge in [0.25, 0.3) is 0 Å². The van der Waals surface area contributed by atoms with Crippen LogP contribution in [-0.2, 0) is 10.0 Å². The fourth-order valence-corrected chi connectivity index (χ4v) is 4.63. The van der Waals surface area contributed by atoms with Crippen LogP contribution in [0.4, 0.5) is 8.78 Å². The first-order valence-electron chi connectivity index (χ1n) is 5.64. The first-order chi connectivity index (χ1) is 9.37. The lowest BCUT2D eigenvalue weighted by Crippen LogP contribution is -2.53. The minimum Gasteiger partial charge on any atom is -0.313 e. The topological polar surface area (TPSA) is 73.2 Å². The zero-order chi connectivity index (χ0) is 14.9. The molecule has 0 radical (unpaired) electrons. The number of benzene rings is 1. The SMILES string of the molecule is N#CC1CNCCN1S(=O)(=O)c1c(F)cc(F)cc1Br. The monoisotopic (exact) mass is 365 g/mol. The highest BCUT2D eigenvalue weighted by Crippen LogP contribution is 2.30. The summed E-state index contributed by atoms with van der Waals surface area (Å²) in [6, 6.07) is 2.30. The maximum atomic E-state index is 13.8. The van der Waals surface area contributed by atoms with Crippen LogP contribution in [0.5, 0.6) is 0 Å². The molecule has 2 rings (SSSR count). The summed E-state index contributed by atoms with van der Waals surface area (Å²) >= 11 is 2.86. The number of rotatable bonds is 2. The van der Waals surface area contributed by atoms with Gasteiger partial charge in [0, 0.05) is 30.2 Å². The first-order valence-corrected chi connectivity index (χ1v) is 7.88. The van der Waals surface area contributed by atoms with Crippen LogP contribution in [0.25, 0.3) is 0 Å². The summed E-state index contributed by atoms with van der Waals surface area (Å²) in [5, 5.41) is 11.9. The molecule has 20 heavy (non-hydrogen) atoms. The maximum Gasteiger partial charge on any atom is 0.248 e. The summed E-state index contributed by atoms with van der Waals surface area (Å²) in [5.41, 5.74) is 0. The maximum absolute atomic E-state index is 13.8. The van der Waals surface area contributed by atoms with Gasteiger partial charge in [0.2, 0.25) is 10.0 Å². The largest absolute Gasteiger partial charge is 0.313 e. The van der Waals surface area contributed by atoms with Gasteiger partial charge in [0.15, 0.2) is 0 Å². The first kappa shape index (κ1) is 15.3. The van der Waals surface area contributed by atoms with Gasteiger partial charge < -0.3 is 5.32 Å². The summed E-state index contributed by atoms with van der Waals surface area (Å²) in [7, 11) is -4.22. The molecule has 1 saturated heterocycles. The van der Waals surface area contributed by atoms with Crippen molar-refractivity contribution in [2.45, 2.75) is 10.9 Å². The second-order valence-corrected chi connectivity index (χ2v) is 6.85. The van der Waals surface area contributed by atoms with E-state index in [1.54, 1.807) is 0 Å². The Morgan fingerprint density at radius 1 is 1.45 bits per heavy atom. The molecule has 1 aliphatic rings. The number of piperazine rings is 1. The van der Waals surface area contributed by atoms with Crippen LogP contribution in [0.3, 0.4) is 0 Å². The molecule has 1 fully saturated rings. The van der Waals surface area contributed by atoms with Crippen LogP contribution in [-0.4, -0.2) is 38.4 Å². The fraction of sp³-hybridized carbons (Fsp3) is 0.364. The summed E-state index contributed by atoms with van der Waals surface area (Å²) in [5.74, 6) is -2.07. The van der Waals surface area contributed by atoms with E-state index >= 15 is 0 Å². The Hall–Kier alpha value is -1.08. The molecule has 1 aliphatic heterocycles. The molecule has 0 saturated carbocycles. The van der Waals surface area contributed by atoms with Crippen molar-refractivity contribution in [3.05, 3.63) is 28.2 Å². The molecule has 1 aromatic rings. The van der Waals surface area contributed by atoms with E-state index in [-0.39, 0.29) is 17.6 Å². The Bertz CT molecular complexity index is 652. The van der Waals surface area contributed by atoms with Crippen LogP contribution in [0.15, 0.2) is 21.5 Å². The van der Waals surface area contributed by atoms with E-state index in [2.05, 4.69) is 21.2 Å². The highest BCUT2D eigenvalue weighted by atomic mass is 79.9. The molecule has 1 aromatic carbocycles. The normalized spacial score (nSPS) is 20.6. The molecule has 9 heteroatoms. The van der Waals surface area contributed by atoms with Gasteiger partial charge in [-0.3, -0.25) is 0 Å². The summed E-state index contributed by atoms with van der Waals surface area (Å²) in [6.45, 7) is 0.567. The van der Waals surface area contributed by atoms with Crippen molar-refractivity contribution in [1.29, 1.82) is 5.26 Å². The average Bonchev–Trinajstić information content (AvgIpc) is 2.37. The molecule has 108 valence electrons. The van der Waals surface area contributed by atoms with Gasteiger partial charge in [0.1, 0.15) is 22.6 Å². The van der Waals surface area contributed by atoms with Crippen LogP contribution in [0, 0.1) is 23.0 Å². The third-order valence-electron chi connectivity index (χ3n) is 2.87. The molecule has 1 unspecified atom stereocenters. The number of nitrogens with one attached hydrogen (secondary N) is 1. The number of nitriles is 1. The van der Waals surface area contributed by atoms with Crippen molar-refractivity contribution >= 4 is 26.0 Å². The smallest absolute Gasteiger partial charge is 0.248 e. The second-order valence-electron chi connectivity index (χ2n) is 4.16. The van der Waals surface area contributed by atoms with E-state index in [9.17, 15) is 17.2 Å². The average molecular weight is 366 g/mol. The van der Waals surface area contributed by atoms with Crippen LogP contribution in [0.2, 0.25) is 0 Å². The van der Waals surface area contributed by atoms with Gasteiger partial charge in [-0.2, -0.15) is 9.57 Å². The molecule has 0 spiro atoms. The number of sulfonamides is 1. The van der Waals surface area contributed by atoms with E-state index < -0.39 is 32.6 Å². The number of halogens is 3. The van der Waals surface area contributed by atoms with E-state index in [0.717, 1.165) is 10.4 Å². The summed E-state index contributed by atoms with van der Waals surface area (Å²) < 4.78 is 52.5. The third-order valence-corrected chi connectivity index (χ3v) is 5.75. The Balaban J connectivity index is 2.53. The predicted molar refractivity (Wildman–Crippen MR) is 70.2 cm³/mol. The molecule has 1 heterocycles. The molecule has 1 N–H and O–H groups in total. The van der Waals surface area contributed by atoms with Crippen molar-refractivity contribution in [2.75, 3.05) is 19.6 Å². The van der Waals surface area contributed by atoms with Crippen molar-refractivity contribution in [2.24, 2.45) is 0 Å². The standard InChI is InChI=1S/C11H10BrF2N3O2S/c12-9-3-7(13)4-10(14)11(9)20(18,19)17-2-1-16-6-8(17)5-15/h3-4,8,16H,1-2,6H2. The molecule has 1 atom stereocenters. The lowest BCUT2D eigenvalue weighted by atomic mass is 10.3. The zero-order valence-electron chi connectivity index (χ0n) is 10.1. The highest BCUT2D eigenvalue weighted by Gasteiger charge is 2.36. The molecule has 0 aromatic heterocycles. The summed E-state index contributed by atoms with van der Waals surface area (Å²) in [4.78, 5) is -0.652. The van der Waals surface area contributed by atoms with Gasteiger partial charge in [-0.1, -0.05) is 0 Å². The van der Waals surface area contributed by atoms with Crippen molar-refractivity contribution in [3.63, 3.8) is 0 Å². The summed E-state index contributed by atoms with van der Waals surface area (Å²) in [6.07, 6.45) is 0. The van der Waals surface area contributed by atoms with Gasteiger partial charge in [-0.25, -0.2) is 17.2 Å². The van der Waals surface area contributed by atoms with Crippen molar-refractivity contribution in [3.8, 4) is 6.07 Å². The Morgan fingerprint density at radius 2 is 2.15 bits per heavy atom. The van der Waals surface area contributed by atoms with Crippen molar-refractivity contribution < 1.29 is 17.2 Å². The predicted octanol–water partition coefficient (Wildman–Crippen LogP) is 1.21. The van der Waals surface area contributed by atoms with Crippen LogP contribution >= 0.6 is 15.9 Å². The van der Waals surface area contributed by atoms with Crippen molar-refractivity contribution in [1.82, 2.24) is 9.62 Å². The highest BCUT2D eigenvalue weighted by molar-refractivity contribution is 9.10. The van der Waals surface area contributed by atoms with Gasteiger partial charge in [-0.15, -0.1) is 0 Å². The Labute approximate surface area is 123 Å². The van der Waals surface area contributed by atoms with Gasteiger partial charge >= 0.3 is 0 Å². The number of nitrogens with zero attached hydrogens (tertiary/aromatic N) is 2. The van der Waals surface area contributed by atoms with E-state index in [0.29, 0.717) is 12.6 Å². The minimum absolute atomic E-state index is 0.0455. The van der Waals surface area contributed by atoms with Crippen LogP contribution < -0.4 is 5.32 Å². The molecule has 5 nitrogen and oxygen atoms in total. The quantitative estimate of drug-likeness (QED) is 0.854. The molecule has 0 amide bonds. The molecule has 0 bridgehead atoms. The van der Waals surface area contributed by atoms with Gasteiger partial charge in [0.05, 0.1) is 6.07 Å². The lowest BCUT2D eigenvalue weighted by molar-refractivity contribution is 0.310. The number of hydrogen-bond acceptors (Lipinski definition) is 4. The van der Waals surface area contributed by atoms with E-state index in [1.807, 2.05) is 6.07 Å². The Morgan fingerprint density at radius 3 is 2.75 bits per heavy atom. The van der Waals surface area contributed by atoms with Gasteiger partial charge in [-0.05, 0) is 22.0 Å². The molecule has 0 aliphatic carbocycles. The fourth-order valence-electron chi connectivity index (χ4n) is 1.98. The Kier molecular flexibility index (Phi) is 4.39. The third kappa shape index (κ3) is 2.69. The van der Waals surface area contributed by atoms with E-state index in [4.69, 9.17) is 5.26 Å². The molecular weight excluding hydrogens is 356 g/mol. The van der Waals surface area contributed by atoms with E-state index in [1.165, 1.54) is 0 Å². The minimum atomic E-state index is -4.22. The lowest BCUT2D eigenvalue weighted by Gasteiger charge is -2.31. The van der Waals surface area contributed by atoms with Crippen LogP contribution in [0.1, 0.15) is 0 Å². The molecular formula is C11H10BrF2N3O2S. The number of hydrogen-bond donors (Lipinski definition) is 1. The zero-order valence-corrected chi connectivity index (χ0v) is 12.5. The second kappa shape index (κ2) is 5.73.